The molecule has 0 spiro atoms. The molecule has 0 heterocycles. The maximum atomic E-state index is 5.41. The van der Waals surface area contributed by atoms with Crippen LogP contribution in [0.2, 0.25) is 0 Å². The fourth-order valence-electron chi connectivity index (χ4n) is 2.42. The lowest BCUT2D eigenvalue weighted by Crippen LogP contribution is -1.96. The highest BCUT2D eigenvalue weighted by molar-refractivity contribution is 9.09. The Hall–Kier alpha value is -1.28. The Balaban J connectivity index is 2.17. The summed E-state index contributed by atoms with van der Waals surface area (Å²) < 4.78 is 5.41. The molecule has 1 unspecified atom stereocenters. The van der Waals surface area contributed by atoms with Crippen molar-refractivity contribution in [3.8, 4) is 5.75 Å². The summed E-state index contributed by atoms with van der Waals surface area (Å²) >= 11 is 3.80. The molecule has 0 amide bonds. The van der Waals surface area contributed by atoms with Crippen LogP contribution < -0.4 is 4.74 Å². The fourth-order valence-corrected chi connectivity index (χ4v) is 3.01. The molecular formula is C19H23BrO. The first-order chi connectivity index (χ1) is 10.2. The maximum Gasteiger partial charge on any atom is 0.122 e. The molecular weight excluding hydrogens is 324 g/mol. The van der Waals surface area contributed by atoms with Gasteiger partial charge in [0.15, 0.2) is 0 Å². The zero-order chi connectivity index (χ0) is 15.2. The lowest BCUT2D eigenvalue weighted by molar-refractivity contribution is 0.411. The molecule has 1 nitrogen and oxygen atoms in total. The molecule has 112 valence electrons. The van der Waals surface area contributed by atoms with Gasteiger partial charge < -0.3 is 4.74 Å². The normalized spacial score (nSPS) is 12.2. The SMILES string of the molecule is CCCCc1ccc(C(Br)c2ccc(C)c(OC)c2)cc1. The van der Waals surface area contributed by atoms with Crippen LogP contribution in [0.5, 0.6) is 5.75 Å². The second-order valence-corrected chi connectivity index (χ2v) is 6.35. The van der Waals surface area contributed by atoms with Crippen LogP contribution in [0.1, 0.15) is 46.8 Å². The Labute approximate surface area is 136 Å². The zero-order valence-electron chi connectivity index (χ0n) is 13.0. The van der Waals surface area contributed by atoms with Crippen LogP contribution in [-0.4, -0.2) is 7.11 Å². The molecule has 0 N–H and O–H groups in total. The van der Waals surface area contributed by atoms with Crippen LogP contribution in [0, 0.1) is 6.92 Å². The van der Waals surface area contributed by atoms with E-state index in [2.05, 4.69) is 72.2 Å². The molecule has 2 rings (SSSR count). The molecule has 0 radical (unpaired) electrons. The Morgan fingerprint density at radius 3 is 2.33 bits per heavy atom. The summed E-state index contributed by atoms with van der Waals surface area (Å²) in [7, 11) is 1.72. The third-order valence-electron chi connectivity index (χ3n) is 3.82. The van der Waals surface area contributed by atoms with Crippen molar-refractivity contribution in [2.24, 2.45) is 0 Å². The number of halogens is 1. The second-order valence-electron chi connectivity index (χ2n) is 5.44. The standard InChI is InChI=1S/C19H23BrO/c1-4-5-6-15-8-11-16(12-9-15)19(20)17-10-7-14(2)18(13-17)21-3/h7-13,19H,4-6H2,1-3H3. The van der Waals surface area contributed by atoms with E-state index in [1.54, 1.807) is 7.11 Å². The molecule has 0 bridgehead atoms. The van der Waals surface area contributed by atoms with Gasteiger partial charge in [-0.2, -0.15) is 0 Å². The minimum atomic E-state index is 0.201. The van der Waals surface area contributed by atoms with Crippen LogP contribution in [0.3, 0.4) is 0 Å². The van der Waals surface area contributed by atoms with E-state index in [1.807, 2.05) is 0 Å². The second kappa shape index (κ2) is 7.65. The Kier molecular flexibility index (Phi) is 5.86. The van der Waals surface area contributed by atoms with Crippen molar-refractivity contribution in [1.82, 2.24) is 0 Å². The number of methoxy groups -OCH3 is 1. The molecule has 21 heavy (non-hydrogen) atoms. The number of rotatable bonds is 6. The van der Waals surface area contributed by atoms with Gasteiger partial charge in [0.2, 0.25) is 0 Å². The van der Waals surface area contributed by atoms with Gasteiger partial charge in [0.25, 0.3) is 0 Å². The van der Waals surface area contributed by atoms with Crippen LogP contribution >= 0.6 is 15.9 Å². The summed E-state index contributed by atoms with van der Waals surface area (Å²) in [6.45, 7) is 4.29. The van der Waals surface area contributed by atoms with Gasteiger partial charge in [-0.15, -0.1) is 0 Å². The van der Waals surface area contributed by atoms with Gasteiger partial charge >= 0.3 is 0 Å². The average molecular weight is 347 g/mol. The van der Waals surface area contributed by atoms with E-state index in [1.165, 1.54) is 36.0 Å². The van der Waals surface area contributed by atoms with Crippen molar-refractivity contribution in [2.75, 3.05) is 7.11 Å². The topological polar surface area (TPSA) is 9.23 Å². The van der Waals surface area contributed by atoms with Crippen molar-refractivity contribution >= 4 is 15.9 Å². The minimum absolute atomic E-state index is 0.201. The molecule has 0 aliphatic heterocycles. The molecule has 2 aromatic rings. The zero-order valence-corrected chi connectivity index (χ0v) is 14.6. The molecule has 0 saturated heterocycles. The summed E-state index contributed by atoms with van der Waals surface area (Å²) in [5, 5.41) is 0. The number of hydrogen-bond donors (Lipinski definition) is 0. The summed E-state index contributed by atoms with van der Waals surface area (Å²) in [5.41, 5.74) is 5.08. The molecule has 2 aromatic carbocycles. The first-order valence-corrected chi connectivity index (χ1v) is 8.44. The van der Waals surface area contributed by atoms with E-state index in [0.717, 1.165) is 11.3 Å². The lowest BCUT2D eigenvalue weighted by Gasteiger charge is -2.14. The largest absolute Gasteiger partial charge is 0.496 e. The first kappa shape index (κ1) is 16.1. The van der Waals surface area contributed by atoms with Gasteiger partial charge in [-0.05, 0) is 48.1 Å². The van der Waals surface area contributed by atoms with E-state index in [4.69, 9.17) is 4.74 Å². The van der Waals surface area contributed by atoms with Gasteiger partial charge in [0.05, 0.1) is 11.9 Å². The molecule has 0 fully saturated rings. The monoisotopic (exact) mass is 346 g/mol. The highest BCUT2D eigenvalue weighted by Crippen LogP contribution is 2.33. The maximum absolute atomic E-state index is 5.41. The third kappa shape index (κ3) is 4.10. The van der Waals surface area contributed by atoms with Crippen LogP contribution in [-0.2, 0) is 6.42 Å². The van der Waals surface area contributed by atoms with E-state index >= 15 is 0 Å². The summed E-state index contributed by atoms with van der Waals surface area (Å²) in [6, 6.07) is 15.3. The highest BCUT2D eigenvalue weighted by atomic mass is 79.9. The quantitative estimate of drug-likeness (QED) is 0.597. The fraction of sp³-hybridized carbons (Fsp3) is 0.368. The Bertz CT molecular complexity index is 575. The van der Waals surface area contributed by atoms with E-state index in [9.17, 15) is 0 Å². The summed E-state index contributed by atoms with van der Waals surface area (Å²) in [6.07, 6.45) is 3.67. The van der Waals surface area contributed by atoms with Gasteiger partial charge in [-0.1, -0.05) is 65.7 Å². The van der Waals surface area contributed by atoms with E-state index in [0.29, 0.717) is 0 Å². The minimum Gasteiger partial charge on any atom is -0.496 e. The van der Waals surface area contributed by atoms with Crippen molar-refractivity contribution in [3.05, 3.63) is 64.7 Å². The molecule has 2 heteroatoms. The van der Waals surface area contributed by atoms with Crippen LogP contribution in [0.15, 0.2) is 42.5 Å². The number of ether oxygens (including phenoxy) is 1. The number of unbranched alkanes of at least 4 members (excludes halogenated alkanes) is 1. The van der Waals surface area contributed by atoms with Gasteiger partial charge in [-0.25, -0.2) is 0 Å². The number of hydrogen-bond acceptors (Lipinski definition) is 1. The average Bonchev–Trinajstić information content (AvgIpc) is 2.53. The molecule has 0 aliphatic rings. The number of aryl methyl sites for hydroxylation is 2. The highest BCUT2D eigenvalue weighted by Gasteiger charge is 2.12. The predicted molar refractivity (Wildman–Crippen MR) is 93.6 cm³/mol. The van der Waals surface area contributed by atoms with Crippen LogP contribution in [0.4, 0.5) is 0 Å². The molecule has 0 aliphatic carbocycles. The predicted octanol–water partition coefficient (Wildman–Crippen LogP) is 5.83. The molecule has 1 atom stereocenters. The van der Waals surface area contributed by atoms with Crippen molar-refractivity contribution < 1.29 is 4.74 Å². The summed E-state index contributed by atoms with van der Waals surface area (Å²) in [4.78, 5) is 0.201. The van der Waals surface area contributed by atoms with E-state index < -0.39 is 0 Å². The van der Waals surface area contributed by atoms with Gasteiger partial charge in [0.1, 0.15) is 5.75 Å². The Morgan fingerprint density at radius 2 is 1.71 bits per heavy atom. The molecule has 0 saturated carbocycles. The smallest absolute Gasteiger partial charge is 0.122 e. The Morgan fingerprint density at radius 1 is 1.05 bits per heavy atom. The van der Waals surface area contributed by atoms with Gasteiger partial charge in [-0.3, -0.25) is 0 Å². The number of benzene rings is 2. The summed E-state index contributed by atoms with van der Waals surface area (Å²) in [5.74, 6) is 0.941. The third-order valence-corrected chi connectivity index (χ3v) is 4.87. The van der Waals surface area contributed by atoms with Crippen LogP contribution in [0.25, 0.3) is 0 Å². The number of alkyl halides is 1. The van der Waals surface area contributed by atoms with Crippen molar-refractivity contribution in [3.63, 3.8) is 0 Å². The van der Waals surface area contributed by atoms with Gasteiger partial charge in [0, 0.05) is 0 Å². The van der Waals surface area contributed by atoms with Crippen molar-refractivity contribution in [2.45, 2.75) is 37.9 Å². The lowest BCUT2D eigenvalue weighted by atomic mass is 10.0. The van der Waals surface area contributed by atoms with Crippen molar-refractivity contribution in [1.29, 1.82) is 0 Å². The molecule has 0 aromatic heterocycles. The van der Waals surface area contributed by atoms with E-state index in [-0.39, 0.29) is 4.83 Å². The first-order valence-electron chi connectivity index (χ1n) is 7.53.